The van der Waals surface area contributed by atoms with Gasteiger partial charge in [-0.3, -0.25) is 4.90 Å². The van der Waals surface area contributed by atoms with Gasteiger partial charge in [0.15, 0.2) is 0 Å². The van der Waals surface area contributed by atoms with Crippen LogP contribution in [0.2, 0.25) is 0 Å². The first-order chi connectivity index (χ1) is 13.2. The maximum absolute atomic E-state index is 5.19. The third kappa shape index (κ3) is 3.23. The minimum atomic E-state index is 0.783. The molecule has 5 rings (SSSR count). The molecule has 2 aliphatic rings. The number of aromatic nitrogens is 3. The van der Waals surface area contributed by atoms with Crippen LogP contribution in [0.25, 0.3) is 10.2 Å². The summed E-state index contributed by atoms with van der Waals surface area (Å²) in [5.74, 6) is 2.80. The fourth-order valence-electron chi connectivity index (χ4n) is 4.34. The Bertz CT molecular complexity index is 957. The topological polar surface area (TPSA) is 58.3 Å². The standard InChI is InChI=1S/C20H25N5OS/c1-13-3-4-16-17(9-13)27-20-18(16)19(21-12-22-20)25-7-5-24(6-8-25)11-15-10-14(2)26-23-15/h10,12-13H,3-9,11H2,1-2H3/t13-/m0/s1. The first-order valence-electron chi connectivity index (χ1n) is 9.82. The molecule has 0 saturated carbocycles. The van der Waals surface area contributed by atoms with Gasteiger partial charge in [-0.2, -0.15) is 0 Å². The van der Waals surface area contributed by atoms with E-state index in [1.165, 1.54) is 39.9 Å². The zero-order valence-electron chi connectivity index (χ0n) is 15.9. The van der Waals surface area contributed by atoms with Crippen molar-refractivity contribution in [1.29, 1.82) is 0 Å². The monoisotopic (exact) mass is 383 g/mol. The van der Waals surface area contributed by atoms with Crippen LogP contribution < -0.4 is 4.90 Å². The molecule has 142 valence electrons. The molecular weight excluding hydrogens is 358 g/mol. The van der Waals surface area contributed by atoms with E-state index in [2.05, 4.69) is 26.9 Å². The Morgan fingerprint density at radius 1 is 1.22 bits per heavy atom. The molecule has 0 amide bonds. The van der Waals surface area contributed by atoms with Gasteiger partial charge in [-0.1, -0.05) is 12.1 Å². The lowest BCUT2D eigenvalue weighted by molar-refractivity contribution is 0.241. The number of thiophene rings is 1. The molecule has 27 heavy (non-hydrogen) atoms. The maximum atomic E-state index is 5.19. The highest BCUT2D eigenvalue weighted by Crippen LogP contribution is 2.40. The first kappa shape index (κ1) is 17.1. The van der Waals surface area contributed by atoms with Gasteiger partial charge in [-0.05, 0) is 37.7 Å². The molecular formula is C20H25N5OS. The summed E-state index contributed by atoms with van der Waals surface area (Å²) < 4.78 is 5.19. The van der Waals surface area contributed by atoms with E-state index >= 15 is 0 Å². The van der Waals surface area contributed by atoms with Gasteiger partial charge in [0.05, 0.1) is 11.1 Å². The van der Waals surface area contributed by atoms with Crippen molar-refractivity contribution < 1.29 is 4.52 Å². The first-order valence-corrected chi connectivity index (χ1v) is 10.6. The van der Waals surface area contributed by atoms with Gasteiger partial charge in [0, 0.05) is 43.7 Å². The fourth-order valence-corrected chi connectivity index (χ4v) is 5.68. The van der Waals surface area contributed by atoms with Gasteiger partial charge in [0.2, 0.25) is 0 Å². The molecule has 0 bridgehead atoms. The van der Waals surface area contributed by atoms with Crippen LogP contribution in [0.3, 0.4) is 0 Å². The van der Waals surface area contributed by atoms with Crippen LogP contribution in [-0.2, 0) is 19.4 Å². The van der Waals surface area contributed by atoms with Crippen molar-refractivity contribution in [1.82, 2.24) is 20.0 Å². The van der Waals surface area contributed by atoms with E-state index in [1.807, 2.05) is 24.3 Å². The zero-order chi connectivity index (χ0) is 18.4. The van der Waals surface area contributed by atoms with Crippen LogP contribution in [0.5, 0.6) is 0 Å². The van der Waals surface area contributed by atoms with Gasteiger partial charge < -0.3 is 9.42 Å². The van der Waals surface area contributed by atoms with Crippen molar-refractivity contribution in [3.63, 3.8) is 0 Å². The van der Waals surface area contributed by atoms with E-state index in [4.69, 9.17) is 9.51 Å². The van der Waals surface area contributed by atoms with E-state index in [0.29, 0.717) is 0 Å². The number of piperazine rings is 1. The van der Waals surface area contributed by atoms with E-state index in [-0.39, 0.29) is 0 Å². The zero-order valence-corrected chi connectivity index (χ0v) is 16.8. The molecule has 1 aliphatic carbocycles. The number of aryl methyl sites for hydroxylation is 2. The summed E-state index contributed by atoms with van der Waals surface area (Å²) in [4.78, 5) is 16.9. The summed E-state index contributed by atoms with van der Waals surface area (Å²) in [5.41, 5.74) is 2.54. The van der Waals surface area contributed by atoms with Crippen LogP contribution in [0.4, 0.5) is 5.82 Å². The Labute approximate surface area is 163 Å². The molecule has 1 aliphatic heterocycles. The van der Waals surface area contributed by atoms with Crippen molar-refractivity contribution >= 4 is 27.4 Å². The van der Waals surface area contributed by atoms with Crippen molar-refractivity contribution in [2.75, 3.05) is 31.1 Å². The molecule has 3 aromatic rings. The fraction of sp³-hybridized carbons (Fsp3) is 0.550. The maximum Gasteiger partial charge on any atom is 0.141 e. The molecule has 0 N–H and O–H groups in total. The lowest BCUT2D eigenvalue weighted by Crippen LogP contribution is -2.46. The summed E-state index contributed by atoms with van der Waals surface area (Å²) in [6, 6.07) is 2.03. The predicted octanol–water partition coefficient (Wildman–Crippen LogP) is 3.43. The van der Waals surface area contributed by atoms with E-state index in [1.54, 1.807) is 6.33 Å². The van der Waals surface area contributed by atoms with E-state index < -0.39 is 0 Å². The summed E-state index contributed by atoms with van der Waals surface area (Å²) in [6.07, 6.45) is 5.38. The lowest BCUT2D eigenvalue weighted by atomic mass is 9.89. The second-order valence-electron chi connectivity index (χ2n) is 7.92. The highest BCUT2D eigenvalue weighted by atomic mass is 32.1. The third-order valence-electron chi connectivity index (χ3n) is 5.81. The van der Waals surface area contributed by atoms with Crippen LogP contribution in [-0.4, -0.2) is 46.2 Å². The largest absolute Gasteiger partial charge is 0.361 e. The summed E-state index contributed by atoms with van der Waals surface area (Å²) in [6.45, 7) is 9.16. The molecule has 0 spiro atoms. The molecule has 0 unspecified atom stereocenters. The molecule has 0 radical (unpaired) electrons. The summed E-state index contributed by atoms with van der Waals surface area (Å²) in [5, 5.41) is 5.45. The Morgan fingerprint density at radius 2 is 2.07 bits per heavy atom. The second-order valence-corrected chi connectivity index (χ2v) is 9.00. The number of fused-ring (bicyclic) bond motifs is 3. The molecule has 1 atom stereocenters. The SMILES string of the molecule is Cc1cc(CN2CCN(c3ncnc4sc5c(c34)CC[C@H](C)C5)CC2)no1. The molecule has 1 saturated heterocycles. The molecule has 3 aromatic heterocycles. The smallest absolute Gasteiger partial charge is 0.141 e. The van der Waals surface area contributed by atoms with Crippen molar-refractivity contribution in [2.45, 2.75) is 39.7 Å². The highest BCUT2D eigenvalue weighted by Gasteiger charge is 2.26. The minimum absolute atomic E-state index is 0.783. The van der Waals surface area contributed by atoms with Gasteiger partial charge in [-0.15, -0.1) is 11.3 Å². The number of anilines is 1. The lowest BCUT2D eigenvalue weighted by Gasteiger charge is -2.35. The normalized spacial score (nSPS) is 21.0. The van der Waals surface area contributed by atoms with Gasteiger partial charge in [0.1, 0.15) is 22.7 Å². The molecule has 7 heteroatoms. The predicted molar refractivity (Wildman–Crippen MR) is 107 cm³/mol. The van der Waals surface area contributed by atoms with E-state index in [9.17, 15) is 0 Å². The second kappa shape index (κ2) is 6.87. The van der Waals surface area contributed by atoms with Crippen molar-refractivity contribution in [3.05, 3.63) is 34.3 Å². The van der Waals surface area contributed by atoms with Crippen molar-refractivity contribution in [2.24, 2.45) is 5.92 Å². The van der Waals surface area contributed by atoms with Gasteiger partial charge >= 0.3 is 0 Å². The van der Waals surface area contributed by atoms with Crippen LogP contribution in [0.15, 0.2) is 16.9 Å². The van der Waals surface area contributed by atoms with Crippen LogP contribution in [0.1, 0.15) is 35.2 Å². The highest BCUT2D eigenvalue weighted by molar-refractivity contribution is 7.19. The number of nitrogens with zero attached hydrogens (tertiary/aromatic N) is 5. The van der Waals surface area contributed by atoms with Crippen molar-refractivity contribution in [3.8, 4) is 0 Å². The molecule has 6 nitrogen and oxygen atoms in total. The molecule has 4 heterocycles. The summed E-state index contributed by atoms with van der Waals surface area (Å²) in [7, 11) is 0. The molecule has 1 fully saturated rings. The average Bonchev–Trinajstić information content (AvgIpc) is 3.24. The number of hydrogen-bond donors (Lipinski definition) is 0. The quantitative estimate of drug-likeness (QED) is 0.691. The van der Waals surface area contributed by atoms with Crippen LogP contribution >= 0.6 is 11.3 Å². The third-order valence-corrected chi connectivity index (χ3v) is 6.97. The summed E-state index contributed by atoms with van der Waals surface area (Å²) >= 11 is 1.88. The van der Waals surface area contributed by atoms with E-state index in [0.717, 1.165) is 55.9 Å². The van der Waals surface area contributed by atoms with Crippen LogP contribution in [0, 0.1) is 12.8 Å². The van der Waals surface area contributed by atoms with Gasteiger partial charge in [-0.25, -0.2) is 9.97 Å². The Kier molecular flexibility index (Phi) is 4.36. The number of rotatable bonds is 3. The minimum Gasteiger partial charge on any atom is -0.361 e. The Balaban J connectivity index is 1.36. The average molecular weight is 384 g/mol. The van der Waals surface area contributed by atoms with Gasteiger partial charge in [0.25, 0.3) is 0 Å². The molecule has 0 aromatic carbocycles. The number of hydrogen-bond acceptors (Lipinski definition) is 7. The Hall–Kier alpha value is -1.99. The Morgan fingerprint density at radius 3 is 2.85 bits per heavy atom.